The fourth-order valence-electron chi connectivity index (χ4n) is 2.89. The van der Waals surface area contributed by atoms with Crippen molar-refractivity contribution in [3.05, 3.63) is 64.7 Å². The van der Waals surface area contributed by atoms with E-state index in [0.29, 0.717) is 23.7 Å². The van der Waals surface area contributed by atoms with Gasteiger partial charge in [0.15, 0.2) is 0 Å². The van der Waals surface area contributed by atoms with Crippen LogP contribution in [0.25, 0.3) is 0 Å². The molecule has 6 heteroatoms. The van der Waals surface area contributed by atoms with E-state index < -0.39 is 6.04 Å². The molecule has 30 heavy (non-hydrogen) atoms. The monoisotopic (exact) mass is 446 g/mol. The van der Waals surface area contributed by atoms with Crippen molar-refractivity contribution in [2.75, 3.05) is 5.75 Å². The van der Waals surface area contributed by atoms with E-state index >= 15 is 0 Å². The van der Waals surface area contributed by atoms with E-state index in [1.807, 2.05) is 32.0 Å². The molecule has 2 aromatic carbocycles. The number of aryl methyl sites for hydroxylation is 1. The highest BCUT2D eigenvalue weighted by molar-refractivity contribution is 7.99. The number of amides is 2. The van der Waals surface area contributed by atoms with Gasteiger partial charge in [-0.2, -0.15) is 0 Å². The van der Waals surface area contributed by atoms with Crippen LogP contribution in [0.3, 0.4) is 0 Å². The number of nitrogens with one attached hydrogen (secondary N) is 1. The average Bonchev–Trinajstić information content (AvgIpc) is 2.73. The molecule has 0 aromatic heterocycles. The Labute approximate surface area is 189 Å². The predicted molar refractivity (Wildman–Crippen MR) is 126 cm³/mol. The first-order valence-electron chi connectivity index (χ1n) is 10.3. The number of benzene rings is 2. The summed E-state index contributed by atoms with van der Waals surface area (Å²) in [5.41, 5.74) is 2.05. The topological polar surface area (TPSA) is 49.4 Å². The number of nitrogens with zero attached hydrogens (tertiary/aromatic N) is 1. The summed E-state index contributed by atoms with van der Waals surface area (Å²) in [5.74, 6) is 0.456. The number of thioether (sulfide) groups is 1. The molecule has 0 radical (unpaired) electrons. The van der Waals surface area contributed by atoms with Gasteiger partial charge in [0.25, 0.3) is 0 Å². The standard InChI is InChI=1S/C24H31ClN2O2S/c1-5-18(3)26-24(29)19(4)27(16-20-8-6-7-9-22(20)25)23(28)14-15-30-21-12-10-17(2)11-13-21/h6-13,18-19H,5,14-16H2,1-4H3,(H,26,29). The van der Waals surface area contributed by atoms with Crippen molar-refractivity contribution in [2.24, 2.45) is 0 Å². The van der Waals surface area contributed by atoms with Crippen LogP contribution < -0.4 is 5.32 Å². The third-order valence-corrected chi connectivity index (χ3v) is 6.45. The summed E-state index contributed by atoms with van der Waals surface area (Å²) in [6.45, 7) is 8.12. The number of hydrogen-bond donors (Lipinski definition) is 1. The minimum atomic E-state index is -0.577. The molecule has 2 unspecified atom stereocenters. The fourth-order valence-corrected chi connectivity index (χ4v) is 3.93. The van der Waals surface area contributed by atoms with Gasteiger partial charge in [-0.05, 0) is 51.0 Å². The number of hydrogen-bond acceptors (Lipinski definition) is 3. The van der Waals surface area contributed by atoms with Crippen LogP contribution in [-0.4, -0.2) is 34.6 Å². The molecule has 2 aromatic rings. The van der Waals surface area contributed by atoms with Crippen LogP contribution in [0.5, 0.6) is 0 Å². The lowest BCUT2D eigenvalue weighted by molar-refractivity contribution is -0.140. The van der Waals surface area contributed by atoms with E-state index in [-0.39, 0.29) is 17.9 Å². The lowest BCUT2D eigenvalue weighted by Gasteiger charge is -2.30. The van der Waals surface area contributed by atoms with Crippen molar-refractivity contribution in [1.29, 1.82) is 0 Å². The Balaban J connectivity index is 2.08. The lowest BCUT2D eigenvalue weighted by atomic mass is 10.1. The van der Waals surface area contributed by atoms with Crippen LogP contribution in [0.4, 0.5) is 0 Å². The summed E-state index contributed by atoms with van der Waals surface area (Å²) in [4.78, 5) is 28.6. The first-order chi connectivity index (χ1) is 14.3. The van der Waals surface area contributed by atoms with Gasteiger partial charge in [-0.25, -0.2) is 0 Å². The van der Waals surface area contributed by atoms with Crippen molar-refractivity contribution in [2.45, 2.75) is 64.1 Å². The zero-order chi connectivity index (χ0) is 22.1. The smallest absolute Gasteiger partial charge is 0.242 e. The van der Waals surface area contributed by atoms with Crippen molar-refractivity contribution >= 4 is 35.2 Å². The molecule has 0 aliphatic heterocycles. The van der Waals surface area contributed by atoms with Crippen LogP contribution in [0.2, 0.25) is 5.02 Å². The number of rotatable bonds is 10. The second-order valence-corrected chi connectivity index (χ2v) is 9.09. The molecule has 1 N–H and O–H groups in total. The molecule has 162 valence electrons. The lowest BCUT2D eigenvalue weighted by Crippen LogP contribution is -2.49. The molecular weight excluding hydrogens is 416 g/mol. The largest absolute Gasteiger partial charge is 0.352 e. The van der Waals surface area contributed by atoms with Crippen LogP contribution in [0, 0.1) is 6.92 Å². The van der Waals surface area contributed by atoms with Crippen molar-refractivity contribution in [3.63, 3.8) is 0 Å². The van der Waals surface area contributed by atoms with E-state index in [9.17, 15) is 9.59 Å². The van der Waals surface area contributed by atoms with Crippen molar-refractivity contribution in [1.82, 2.24) is 10.2 Å². The Morgan fingerprint density at radius 2 is 1.77 bits per heavy atom. The Kier molecular flexibility index (Phi) is 9.73. The summed E-state index contributed by atoms with van der Waals surface area (Å²) in [6, 6.07) is 15.2. The predicted octanol–water partition coefficient (Wildman–Crippen LogP) is 5.46. The van der Waals surface area contributed by atoms with Gasteiger partial charge in [0.1, 0.15) is 6.04 Å². The van der Waals surface area contributed by atoms with E-state index in [1.54, 1.807) is 29.7 Å². The van der Waals surface area contributed by atoms with Crippen molar-refractivity contribution in [3.8, 4) is 0 Å². The second-order valence-electron chi connectivity index (χ2n) is 7.52. The zero-order valence-electron chi connectivity index (χ0n) is 18.2. The maximum Gasteiger partial charge on any atom is 0.242 e. The maximum absolute atomic E-state index is 13.1. The molecular formula is C24H31ClN2O2S. The van der Waals surface area contributed by atoms with Gasteiger partial charge < -0.3 is 10.2 Å². The highest BCUT2D eigenvalue weighted by Crippen LogP contribution is 2.22. The molecule has 0 spiro atoms. The number of carbonyl (C=O) groups is 2. The minimum absolute atomic E-state index is 0.0543. The van der Waals surface area contributed by atoms with Crippen LogP contribution in [-0.2, 0) is 16.1 Å². The van der Waals surface area contributed by atoms with Gasteiger partial charge >= 0.3 is 0 Å². The van der Waals surface area contributed by atoms with Gasteiger partial charge in [0, 0.05) is 34.7 Å². The highest BCUT2D eigenvalue weighted by atomic mass is 35.5. The number of carbonyl (C=O) groups excluding carboxylic acids is 2. The first-order valence-corrected chi connectivity index (χ1v) is 11.7. The van der Waals surface area contributed by atoms with Gasteiger partial charge in [0.05, 0.1) is 0 Å². The third kappa shape index (κ3) is 7.37. The molecule has 2 rings (SSSR count). The Hall–Kier alpha value is -1.98. The molecule has 0 heterocycles. The molecule has 2 atom stereocenters. The SMILES string of the molecule is CCC(C)NC(=O)C(C)N(Cc1ccccc1Cl)C(=O)CCSc1ccc(C)cc1. The minimum Gasteiger partial charge on any atom is -0.352 e. The second kappa shape index (κ2) is 12.0. The molecule has 0 saturated carbocycles. The highest BCUT2D eigenvalue weighted by Gasteiger charge is 2.27. The zero-order valence-corrected chi connectivity index (χ0v) is 19.7. The van der Waals surface area contributed by atoms with Crippen LogP contribution in [0.15, 0.2) is 53.4 Å². The summed E-state index contributed by atoms with van der Waals surface area (Å²) in [5, 5.41) is 3.58. The molecule has 0 fully saturated rings. The molecule has 2 amide bonds. The summed E-state index contributed by atoms with van der Waals surface area (Å²) < 4.78 is 0. The van der Waals surface area contributed by atoms with Gasteiger partial charge in [0.2, 0.25) is 11.8 Å². The van der Waals surface area contributed by atoms with Crippen LogP contribution in [0.1, 0.15) is 44.7 Å². The first kappa shape index (κ1) is 24.3. The summed E-state index contributed by atoms with van der Waals surface area (Å²) in [7, 11) is 0. The van der Waals surface area contributed by atoms with E-state index in [1.165, 1.54) is 5.56 Å². The third-order valence-electron chi connectivity index (χ3n) is 5.07. The Morgan fingerprint density at radius 1 is 1.10 bits per heavy atom. The maximum atomic E-state index is 13.1. The van der Waals surface area contributed by atoms with Gasteiger partial charge in [-0.15, -0.1) is 11.8 Å². The molecule has 0 aliphatic rings. The molecule has 4 nitrogen and oxygen atoms in total. The fraction of sp³-hybridized carbons (Fsp3) is 0.417. The van der Waals surface area contributed by atoms with Crippen LogP contribution >= 0.6 is 23.4 Å². The molecule has 0 aliphatic carbocycles. The molecule has 0 saturated heterocycles. The number of halogens is 1. The Bertz CT molecular complexity index is 841. The summed E-state index contributed by atoms with van der Waals surface area (Å²) in [6.07, 6.45) is 1.19. The van der Waals surface area contributed by atoms with E-state index in [2.05, 4.69) is 36.5 Å². The van der Waals surface area contributed by atoms with Gasteiger partial charge in [-0.1, -0.05) is 54.4 Å². The van der Waals surface area contributed by atoms with E-state index in [4.69, 9.17) is 11.6 Å². The van der Waals surface area contributed by atoms with Crippen molar-refractivity contribution < 1.29 is 9.59 Å². The van der Waals surface area contributed by atoms with Gasteiger partial charge in [-0.3, -0.25) is 9.59 Å². The Morgan fingerprint density at radius 3 is 2.40 bits per heavy atom. The average molecular weight is 447 g/mol. The molecule has 0 bridgehead atoms. The normalized spacial score (nSPS) is 12.8. The quantitative estimate of drug-likeness (QED) is 0.493. The summed E-state index contributed by atoms with van der Waals surface area (Å²) >= 11 is 7.96. The van der Waals surface area contributed by atoms with E-state index in [0.717, 1.165) is 16.9 Å².